The van der Waals surface area contributed by atoms with Crippen LogP contribution < -0.4 is 14.5 Å². The minimum absolute atomic E-state index is 0.145. The van der Waals surface area contributed by atoms with Crippen LogP contribution in [-0.2, 0) is 15.6 Å². The molecule has 0 N–H and O–H groups in total. The van der Waals surface area contributed by atoms with Gasteiger partial charge in [-0.3, -0.25) is 14.6 Å². The molecule has 5 rings (SSSR count). The van der Waals surface area contributed by atoms with Crippen molar-refractivity contribution in [2.75, 3.05) is 49.1 Å². The minimum Gasteiger partial charge on any atom is -0.494 e. The molecule has 2 aliphatic heterocycles. The molecule has 3 heterocycles. The Kier molecular flexibility index (Phi) is 9.20. The van der Waals surface area contributed by atoms with Crippen LogP contribution in [0.25, 0.3) is 10.1 Å². The smallest absolute Gasteiger partial charge is 0.229 e. The van der Waals surface area contributed by atoms with Gasteiger partial charge in [-0.2, -0.15) is 0 Å². The van der Waals surface area contributed by atoms with E-state index < -0.39 is 9.04 Å². The van der Waals surface area contributed by atoms with Crippen LogP contribution in [0.4, 0.5) is 11.4 Å². The maximum atomic E-state index is 13.1. The number of carbonyl (C=O) groups is 1. The lowest BCUT2D eigenvalue weighted by atomic mass is 9.90. The number of piperazine rings is 1. The monoisotopic (exact) mass is 579 g/mol. The van der Waals surface area contributed by atoms with Crippen LogP contribution in [0, 0.1) is 5.41 Å². The second-order valence-corrected chi connectivity index (χ2v) is 15.8. The Bertz CT molecular complexity index is 1300. The van der Waals surface area contributed by atoms with E-state index in [0.717, 1.165) is 63.4 Å². The number of unbranched alkanes of at least 4 members (excludes halogenated alkanes) is 1. The zero-order valence-electron chi connectivity index (χ0n) is 24.8. The van der Waals surface area contributed by atoms with Gasteiger partial charge in [0.05, 0.1) is 12.3 Å². The van der Waals surface area contributed by atoms with Gasteiger partial charge in [-0.15, -0.1) is 11.3 Å². The highest BCUT2D eigenvalue weighted by Gasteiger charge is 2.38. The Hall–Kier alpha value is -2.39. The van der Waals surface area contributed by atoms with Crippen LogP contribution in [0.3, 0.4) is 0 Å². The third-order valence-corrected chi connectivity index (χ3v) is 9.58. The second-order valence-electron chi connectivity index (χ2n) is 12.5. The average molecular weight is 580 g/mol. The van der Waals surface area contributed by atoms with Crippen molar-refractivity contribution in [2.24, 2.45) is 5.41 Å². The van der Waals surface area contributed by atoms with Gasteiger partial charge in [0.25, 0.3) is 0 Å². The molecule has 0 aliphatic carbocycles. The van der Waals surface area contributed by atoms with Crippen LogP contribution in [0.5, 0.6) is 5.75 Å². The Morgan fingerprint density at radius 2 is 1.77 bits per heavy atom. The van der Waals surface area contributed by atoms with Gasteiger partial charge in [0.15, 0.2) is 9.04 Å². The zero-order valence-corrected chi connectivity index (χ0v) is 26.8. The van der Waals surface area contributed by atoms with Crippen molar-refractivity contribution >= 4 is 47.7 Å². The highest BCUT2D eigenvalue weighted by Crippen LogP contribution is 2.38. The van der Waals surface area contributed by atoms with Crippen LogP contribution in [0.15, 0.2) is 47.8 Å². The molecule has 2 aliphatic rings. The molecular formula is C32H45N3O3SSi. The average Bonchev–Trinajstić information content (AvgIpc) is 3.41. The van der Waals surface area contributed by atoms with Crippen molar-refractivity contribution in [1.29, 1.82) is 0 Å². The van der Waals surface area contributed by atoms with Gasteiger partial charge < -0.3 is 14.1 Å². The van der Waals surface area contributed by atoms with E-state index in [4.69, 9.17) is 9.16 Å². The largest absolute Gasteiger partial charge is 0.494 e. The number of hydrogen-bond acceptors (Lipinski definition) is 6. The molecule has 1 saturated heterocycles. The fourth-order valence-electron chi connectivity index (χ4n) is 5.83. The van der Waals surface area contributed by atoms with Crippen molar-refractivity contribution in [1.82, 2.24) is 4.90 Å². The van der Waals surface area contributed by atoms with Crippen LogP contribution >= 0.6 is 11.3 Å². The van der Waals surface area contributed by atoms with Gasteiger partial charge in [-0.05, 0) is 74.1 Å². The first-order valence-electron chi connectivity index (χ1n) is 14.9. The summed E-state index contributed by atoms with van der Waals surface area (Å²) in [6.07, 6.45) is 3.17. The lowest BCUT2D eigenvalue weighted by Gasteiger charge is -2.43. The Morgan fingerprint density at radius 1 is 0.975 bits per heavy atom. The van der Waals surface area contributed by atoms with Gasteiger partial charge in [-0.25, -0.2) is 0 Å². The van der Waals surface area contributed by atoms with Crippen molar-refractivity contribution in [3.05, 3.63) is 53.4 Å². The van der Waals surface area contributed by atoms with Crippen LogP contribution in [0.1, 0.15) is 45.6 Å². The van der Waals surface area contributed by atoms with E-state index >= 15 is 0 Å². The summed E-state index contributed by atoms with van der Waals surface area (Å²) in [6.45, 7) is 16.9. The molecule has 0 radical (unpaired) electrons. The number of fused-ring (bicyclic) bond motifs is 2. The molecule has 1 amide bonds. The lowest BCUT2D eigenvalue weighted by Crippen LogP contribution is -2.52. The molecule has 1 unspecified atom stereocenters. The number of anilines is 2. The summed E-state index contributed by atoms with van der Waals surface area (Å²) in [6, 6.07) is 15.2. The first-order valence-corrected chi connectivity index (χ1v) is 18.5. The van der Waals surface area contributed by atoms with E-state index in [-0.39, 0.29) is 17.6 Å². The highest BCUT2D eigenvalue weighted by atomic mass is 32.1. The number of ether oxygens (including phenoxy) is 1. The van der Waals surface area contributed by atoms with Gasteiger partial charge in [0.1, 0.15) is 12.0 Å². The third-order valence-electron chi connectivity index (χ3n) is 7.89. The first-order chi connectivity index (χ1) is 19.2. The summed E-state index contributed by atoms with van der Waals surface area (Å²) in [4.78, 5) is 20.2. The predicted octanol–water partition coefficient (Wildman–Crippen LogP) is 6.53. The highest BCUT2D eigenvalue weighted by molar-refractivity contribution is 7.17. The molecule has 1 atom stereocenters. The van der Waals surface area contributed by atoms with E-state index in [1.165, 1.54) is 21.3 Å². The topological polar surface area (TPSA) is 45.2 Å². The Labute approximate surface area is 245 Å². The van der Waals surface area contributed by atoms with E-state index in [1.807, 2.05) is 16.2 Å². The van der Waals surface area contributed by atoms with Crippen LogP contribution in [0.2, 0.25) is 13.1 Å². The fraction of sp³-hybridized carbons (Fsp3) is 0.531. The molecule has 0 spiro atoms. The molecule has 8 heteroatoms. The molecule has 3 aromatic rings. The second kappa shape index (κ2) is 12.6. The number of amides is 1. The van der Waals surface area contributed by atoms with Crippen molar-refractivity contribution in [3.8, 4) is 5.75 Å². The van der Waals surface area contributed by atoms with Crippen LogP contribution in [-0.4, -0.2) is 65.4 Å². The molecular weight excluding hydrogens is 535 g/mol. The number of aryl methyl sites for hydroxylation is 1. The summed E-state index contributed by atoms with van der Waals surface area (Å²) in [7, 11) is -1.35. The molecule has 0 bridgehead atoms. The van der Waals surface area contributed by atoms with E-state index in [0.29, 0.717) is 13.0 Å². The maximum Gasteiger partial charge on any atom is 0.229 e. The Morgan fingerprint density at radius 3 is 2.52 bits per heavy atom. The first kappa shape index (κ1) is 29.1. The normalized spacial score (nSPS) is 17.5. The minimum atomic E-state index is -1.35. The number of rotatable bonds is 10. The number of benzene rings is 2. The zero-order chi connectivity index (χ0) is 28.3. The molecule has 40 heavy (non-hydrogen) atoms. The summed E-state index contributed by atoms with van der Waals surface area (Å²) in [5, 5.41) is 3.58. The fourth-order valence-corrected chi connectivity index (χ4v) is 7.68. The predicted molar refractivity (Wildman–Crippen MR) is 171 cm³/mol. The molecule has 216 valence electrons. The molecule has 0 saturated carbocycles. The third kappa shape index (κ3) is 6.73. The quantitative estimate of drug-likeness (QED) is 0.202. The van der Waals surface area contributed by atoms with E-state index in [1.54, 1.807) is 0 Å². The van der Waals surface area contributed by atoms with Crippen molar-refractivity contribution < 1.29 is 14.0 Å². The SMILES string of the molecule is C[SiH](C)OC(N1C(=O)CCc2ccc(OCCCCN3CCN(c4cccc5sccc45)CC3)cc21)C(C)(C)C. The maximum absolute atomic E-state index is 13.1. The summed E-state index contributed by atoms with van der Waals surface area (Å²) < 4.78 is 14.0. The number of nitrogens with zero attached hydrogens (tertiary/aromatic N) is 3. The molecule has 1 aromatic heterocycles. The molecule has 6 nitrogen and oxygen atoms in total. The molecule has 1 fully saturated rings. The Balaban J connectivity index is 1.11. The number of carbonyl (C=O) groups excluding carboxylic acids is 1. The van der Waals surface area contributed by atoms with Gasteiger partial charge in [-0.1, -0.05) is 32.9 Å². The lowest BCUT2D eigenvalue weighted by molar-refractivity contribution is -0.122. The van der Waals surface area contributed by atoms with E-state index in [9.17, 15) is 4.79 Å². The molecule has 2 aromatic carbocycles. The van der Waals surface area contributed by atoms with Gasteiger partial charge >= 0.3 is 0 Å². The number of hydrogen-bond donors (Lipinski definition) is 0. The number of thiophene rings is 1. The van der Waals surface area contributed by atoms with Gasteiger partial charge in [0.2, 0.25) is 5.91 Å². The van der Waals surface area contributed by atoms with Crippen molar-refractivity contribution in [2.45, 2.75) is 65.8 Å². The summed E-state index contributed by atoms with van der Waals surface area (Å²) >= 11 is 1.82. The van der Waals surface area contributed by atoms with E-state index in [2.05, 4.69) is 91.5 Å². The summed E-state index contributed by atoms with van der Waals surface area (Å²) in [5.74, 6) is 0.982. The standard InChI is InChI=1S/C32H45N3O3SSi/c1-32(2,3)31(38-40(4)5)35-28-23-25(13-11-24(28)12-14-30(35)36)37-21-7-6-16-33-17-19-34(20-18-33)27-9-8-10-29-26(27)15-22-39-29/h8-11,13,15,22-23,31,40H,6-7,12,14,16-21H2,1-5H3. The summed E-state index contributed by atoms with van der Waals surface area (Å²) in [5.41, 5.74) is 3.36. The van der Waals surface area contributed by atoms with Gasteiger partial charge in [0, 0.05) is 59.9 Å². The van der Waals surface area contributed by atoms with Crippen molar-refractivity contribution in [3.63, 3.8) is 0 Å².